The molecule has 2 aromatic heterocycles. The first-order valence-electron chi connectivity index (χ1n) is 10.8. The Morgan fingerprint density at radius 2 is 1.97 bits per heavy atom. The van der Waals surface area contributed by atoms with Crippen molar-refractivity contribution in [3.63, 3.8) is 0 Å². The fourth-order valence-corrected chi connectivity index (χ4v) is 5.08. The molecule has 0 atom stereocenters. The fourth-order valence-electron chi connectivity index (χ4n) is 4.43. The maximum Gasteiger partial charge on any atom is 0.227 e. The summed E-state index contributed by atoms with van der Waals surface area (Å²) in [6.07, 6.45) is 5.20. The number of nitrogens with one attached hydrogen (secondary N) is 1. The number of carbonyl (C=O) groups excluding carboxylic acids is 1. The van der Waals surface area contributed by atoms with Crippen LogP contribution in [-0.4, -0.2) is 35.8 Å². The zero-order valence-corrected chi connectivity index (χ0v) is 18.1. The van der Waals surface area contributed by atoms with Crippen LogP contribution in [0.3, 0.4) is 0 Å². The zero-order valence-electron chi connectivity index (χ0n) is 17.3. The van der Waals surface area contributed by atoms with Gasteiger partial charge in [0.1, 0.15) is 13.2 Å². The Morgan fingerprint density at radius 1 is 1.13 bits per heavy atom. The van der Waals surface area contributed by atoms with Crippen LogP contribution in [0, 0.1) is 0 Å². The second-order valence-electron chi connectivity index (χ2n) is 8.11. The summed E-state index contributed by atoms with van der Waals surface area (Å²) in [5, 5.41) is 9.12. The second-order valence-corrected chi connectivity index (χ2v) is 9.06. The first-order valence-corrected chi connectivity index (χ1v) is 11.6. The molecule has 1 fully saturated rings. The van der Waals surface area contributed by atoms with Crippen LogP contribution in [0.1, 0.15) is 43.6 Å². The number of carbonyl (C=O) groups is 1. The number of thiophene rings is 1. The second kappa shape index (κ2) is 8.70. The van der Waals surface area contributed by atoms with Crippen molar-refractivity contribution < 1.29 is 18.8 Å². The van der Waals surface area contributed by atoms with Crippen molar-refractivity contribution in [1.29, 1.82) is 0 Å². The zero-order chi connectivity index (χ0) is 21.1. The molecule has 0 saturated heterocycles. The van der Waals surface area contributed by atoms with Crippen LogP contribution >= 0.6 is 11.3 Å². The average Bonchev–Trinajstić information content (AvgIpc) is 3.58. The number of ether oxygens (including phenoxy) is 2. The molecule has 5 rings (SSSR count). The quantitative estimate of drug-likeness (QED) is 0.596. The van der Waals surface area contributed by atoms with E-state index in [2.05, 4.69) is 27.6 Å². The van der Waals surface area contributed by atoms with Gasteiger partial charge in [-0.25, -0.2) is 0 Å². The number of nitrogens with zero attached hydrogens (tertiary/aromatic N) is 2. The Balaban J connectivity index is 1.20. The van der Waals surface area contributed by atoms with E-state index in [-0.39, 0.29) is 11.3 Å². The Bertz CT molecular complexity index is 1040. The largest absolute Gasteiger partial charge is 0.486 e. The average molecular weight is 440 g/mol. The van der Waals surface area contributed by atoms with Gasteiger partial charge in [-0.15, -0.1) is 11.3 Å². The van der Waals surface area contributed by atoms with Gasteiger partial charge in [0.25, 0.3) is 0 Å². The monoisotopic (exact) mass is 439 g/mol. The van der Waals surface area contributed by atoms with Crippen LogP contribution in [0.15, 0.2) is 40.2 Å². The van der Waals surface area contributed by atoms with E-state index in [1.165, 1.54) is 5.56 Å². The van der Waals surface area contributed by atoms with Gasteiger partial charge in [-0.05, 0) is 42.0 Å². The molecule has 1 amide bonds. The molecule has 0 bridgehead atoms. The molecule has 31 heavy (non-hydrogen) atoms. The van der Waals surface area contributed by atoms with Crippen LogP contribution in [0.2, 0.25) is 0 Å². The van der Waals surface area contributed by atoms with Crippen molar-refractivity contribution in [2.45, 2.75) is 43.9 Å². The van der Waals surface area contributed by atoms with Crippen molar-refractivity contribution in [3.05, 3.63) is 47.2 Å². The van der Waals surface area contributed by atoms with E-state index in [0.29, 0.717) is 44.3 Å². The molecule has 0 spiro atoms. The summed E-state index contributed by atoms with van der Waals surface area (Å²) in [4.78, 5) is 17.9. The van der Waals surface area contributed by atoms with E-state index in [1.54, 1.807) is 11.3 Å². The predicted octanol–water partition coefficient (Wildman–Crippen LogP) is 4.13. The Morgan fingerprint density at radius 3 is 2.77 bits per heavy atom. The number of fused-ring (bicyclic) bond motifs is 1. The summed E-state index contributed by atoms with van der Waals surface area (Å²) in [5.74, 6) is 2.67. The predicted molar refractivity (Wildman–Crippen MR) is 117 cm³/mol. The minimum atomic E-state index is -0.0532. The van der Waals surface area contributed by atoms with Gasteiger partial charge in [0, 0.05) is 24.8 Å². The number of hydrogen-bond donors (Lipinski definition) is 1. The van der Waals surface area contributed by atoms with E-state index in [1.807, 2.05) is 23.6 Å². The van der Waals surface area contributed by atoms with Crippen LogP contribution in [0.5, 0.6) is 11.5 Å². The molecule has 0 unspecified atom stereocenters. The summed E-state index contributed by atoms with van der Waals surface area (Å²) in [6.45, 7) is 1.78. The molecule has 1 saturated carbocycles. The smallest absolute Gasteiger partial charge is 0.227 e. The van der Waals surface area contributed by atoms with E-state index < -0.39 is 0 Å². The van der Waals surface area contributed by atoms with Gasteiger partial charge in [0.2, 0.25) is 17.6 Å². The van der Waals surface area contributed by atoms with Crippen LogP contribution in [0.4, 0.5) is 0 Å². The number of aromatic nitrogens is 2. The molecule has 8 heteroatoms. The third kappa shape index (κ3) is 4.30. The van der Waals surface area contributed by atoms with E-state index in [4.69, 9.17) is 14.0 Å². The number of amides is 1. The standard InChI is InChI=1S/C23H25N3O4S/c27-20(7-8-21-25-22(26-30-21)19-4-3-13-31-19)24-15-23(9-1-2-10-23)16-5-6-17-18(14-16)29-12-11-28-17/h3-6,13-14H,1-2,7-12,15H2,(H,24,27). The minimum Gasteiger partial charge on any atom is -0.486 e. The highest BCUT2D eigenvalue weighted by atomic mass is 32.1. The third-order valence-corrected chi connectivity index (χ3v) is 6.98. The van der Waals surface area contributed by atoms with Crippen LogP contribution in [-0.2, 0) is 16.6 Å². The molecule has 2 aliphatic rings. The summed E-state index contributed by atoms with van der Waals surface area (Å²) in [5.41, 5.74) is 1.16. The first-order chi connectivity index (χ1) is 15.2. The maximum absolute atomic E-state index is 12.6. The number of hydrogen-bond acceptors (Lipinski definition) is 7. The van der Waals surface area contributed by atoms with Gasteiger partial charge in [0.15, 0.2) is 11.5 Å². The van der Waals surface area contributed by atoms with Gasteiger partial charge in [-0.1, -0.05) is 30.1 Å². The van der Waals surface area contributed by atoms with Gasteiger partial charge in [0.05, 0.1) is 4.88 Å². The van der Waals surface area contributed by atoms with Crippen molar-refractivity contribution in [1.82, 2.24) is 15.5 Å². The van der Waals surface area contributed by atoms with Gasteiger partial charge in [-0.3, -0.25) is 4.79 Å². The van der Waals surface area contributed by atoms with E-state index in [0.717, 1.165) is 42.1 Å². The Hall–Kier alpha value is -2.87. The summed E-state index contributed by atoms with van der Waals surface area (Å²) >= 11 is 1.56. The highest BCUT2D eigenvalue weighted by Crippen LogP contribution is 2.43. The van der Waals surface area contributed by atoms with Crippen molar-refractivity contribution in [2.24, 2.45) is 0 Å². The highest BCUT2D eigenvalue weighted by molar-refractivity contribution is 7.13. The Labute approximate surface area is 184 Å². The summed E-state index contributed by atoms with van der Waals surface area (Å²) in [6, 6.07) is 10.1. The van der Waals surface area contributed by atoms with E-state index in [9.17, 15) is 4.79 Å². The van der Waals surface area contributed by atoms with Crippen molar-refractivity contribution in [3.8, 4) is 22.2 Å². The molecular formula is C23H25N3O4S. The number of aryl methyl sites for hydroxylation is 1. The summed E-state index contributed by atoms with van der Waals surface area (Å²) < 4.78 is 16.7. The molecular weight excluding hydrogens is 414 g/mol. The van der Waals surface area contributed by atoms with Crippen molar-refractivity contribution >= 4 is 17.2 Å². The Kier molecular flexibility index (Phi) is 5.63. The SMILES string of the molecule is O=C(CCc1nc(-c2cccs2)no1)NCC1(c2ccc3c(c2)OCCO3)CCCC1. The topological polar surface area (TPSA) is 86.5 Å². The molecule has 7 nitrogen and oxygen atoms in total. The fraction of sp³-hybridized carbons (Fsp3) is 0.435. The maximum atomic E-state index is 12.6. The van der Waals surface area contributed by atoms with Crippen LogP contribution < -0.4 is 14.8 Å². The lowest BCUT2D eigenvalue weighted by Crippen LogP contribution is -2.39. The summed E-state index contributed by atoms with van der Waals surface area (Å²) in [7, 11) is 0. The van der Waals surface area contributed by atoms with Crippen LogP contribution in [0.25, 0.3) is 10.7 Å². The molecule has 1 aliphatic heterocycles. The highest BCUT2D eigenvalue weighted by Gasteiger charge is 2.36. The molecule has 0 radical (unpaired) electrons. The lowest BCUT2D eigenvalue weighted by atomic mass is 9.78. The molecule has 1 aliphatic carbocycles. The number of benzene rings is 1. The van der Waals surface area contributed by atoms with Crippen molar-refractivity contribution in [2.75, 3.05) is 19.8 Å². The van der Waals surface area contributed by atoms with Gasteiger partial charge >= 0.3 is 0 Å². The van der Waals surface area contributed by atoms with Gasteiger partial charge in [-0.2, -0.15) is 4.98 Å². The normalized spacial score (nSPS) is 16.9. The number of rotatable bonds is 7. The lowest BCUT2D eigenvalue weighted by molar-refractivity contribution is -0.121. The molecule has 1 aromatic carbocycles. The van der Waals surface area contributed by atoms with Gasteiger partial charge < -0.3 is 19.3 Å². The molecule has 1 N–H and O–H groups in total. The van der Waals surface area contributed by atoms with E-state index >= 15 is 0 Å². The molecule has 3 heterocycles. The first kappa shape index (κ1) is 20.1. The molecule has 162 valence electrons. The lowest BCUT2D eigenvalue weighted by Gasteiger charge is -2.31. The third-order valence-electron chi connectivity index (χ3n) is 6.11. The minimum absolute atomic E-state index is 0.000285. The molecule has 3 aromatic rings.